The number of furan rings is 1. The second-order valence-electron chi connectivity index (χ2n) is 5.40. The minimum absolute atomic E-state index is 0.169. The number of nitrogens with zero attached hydrogens (tertiary/aromatic N) is 6. The van der Waals surface area contributed by atoms with Crippen LogP contribution < -0.4 is 0 Å². The first-order valence-corrected chi connectivity index (χ1v) is 7.48. The van der Waals surface area contributed by atoms with Crippen LogP contribution in [0.3, 0.4) is 0 Å². The molecule has 4 aromatic heterocycles. The van der Waals surface area contributed by atoms with Gasteiger partial charge in [0.15, 0.2) is 0 Å². The van der Waals surface area contributed by atoms with Gasteiger partial charge < -0.3 is 9.40 Å². The van der Waals surface area contributed by atoms with Crippen molar-refractivity contribution < 1.29 is 4.42 Å². The fourth-order valence-electron chi connectivity index (χ4n) is 2.73. The van der Waals surface area contributed by atoms with E-state index in [0.717, 1.165) is 22.3 Å². The van der Waals surface area contributed by atoms with Gasteiger partial charge in [-0.3, -0.25) is 4.68 Å². The largest absolute Gasteiger partial charge is 0.466 e. The molecular formula is C17H11N7O. The summed E-state index contributed by atoms with van der Waals surface area (Å²) < 4.78 is 7.08. The van der Waals surface area contributed by atoms with Crippen LogP contribution in [0.15, 0.2) is 47.7 Å². The molecule has 0 fully saturated rings. The predicted molar refractivity (Wildman–Crippen MR) is 86.9 cm³/mol. The summed E-state index contributed by atoms with van der Waals surface area (Å²) in [5.74, 6) is 0.516. The third-order valence-electron chi connectivity index (χ3n) is 3.91. The van der Waals surface area contributed by atoms with E-state index >= 15 is 0 Å². The molecule has 120 valence electrons. The maximum atomic E-state index is 9.14. The standard InChI is InChI=1S/C17H11N7O/c18-3-1-14(15-5-11(6-19)9-25-15)24-8-12(7-23-24)16-13-2-4-20-17(13)22-10-21-16/h2,4-5,7-10,14H,1H2,(H,20,21,22). The lowest BCUT2D eigenvalue weighted by atomic mass is 10.1. The Morgan fingerprint density at radius 3 is 3.04 bits per heavy atom. The zero-order chi connectivity index (χ0) is 17.2. The van der Waals surface area contributed by atoms with E-state index in [1.54, 1.807) is 23.1 Å². The zero-order valence-electron chi connectivity index (χ0n) is 12.9. The summed E-state index contributed by atoms with van der Waals surface area (Å²) in [6, 6.07) is 7.26. The molecule has 0 saturated carbocycles. The minimum atomic E-state index is -0.413. The van der Waals surface area contributed by atoms with E-state index in [2.05, 4.69) is 26.1 Å². The van der Waals surface area contributed by atoms with Gasteiger partial charge in [-0.05, 0) is 12.1 Å². The minimum Gasteiger partial charge on any atom is -0.466 e. The van der Waals surface area contributed by atoms with Crippen LogP contribution in [0.2, 0.25) is 0 Å². The van der Waals surface area contributed by atoms with Crippen molar-refractivity contribution in [2.24, 2.45) is 0 Å². The summed E-state index contributed by atoms with van der Waals surface area (Å²) in [5.41, 5.74) is 2.72. The molecule has 0 spiro atoms. The van der Waals surface area contributed by atoms with Crippen molar-refractivity contribution in [2.75, 3.05) is 0 Å². The summed E-state index contributed by atoms with van der Waals surface area (Å²) in [7, 11) is 0. The van der Waals surface area contributed by atoms with Crippen molar-refractivity contribution >= 4 is 11.0 Å². The highest BCUT2D eigenvalue weighted by molar-refractivity contribution is 5.89. The van der Waals surface area contributed by atoms with Gasteiger partial charge in [0.25, 0.3) is 0 Å². The Morgan fingerprint density at radius 2 is 2.24 bits per heavy atom. The molecule has 0 aliphatic rings. The third-order valence-corrected chi connectivity index (χ3v) is 3.91. The van der Waals surface area contributed by atoms with Gasteiger partial charge >= 0.3 is 0 Å². The Morgan fingerprint density at radius 1 is 1.32 bits per heavy atom. The van der Waals surface area contributed by atoms with Gasteiger partial charge in [0.2, 0.25) is 0 Å². The number of hydrogen-bond donors (Lipinski definition) is 1. The molecule has 0 bridgehead atoms. The topological polar surface area (TPSA) is 120 Å². The van der Waals surface area contributed by atoms with Crippen molar-refractivity contribution in [3.63, 3.8) is 0 Å². The number of aromatic nitrogens is 5. The molecule has 1 N–H and O–H groups in total. The van der Waals surface area contributed by atoms with Gasteiger partial charge in [0.05, 0.1) is 29.9 Å². The van der Waals surface area contributed by atoms with Gasteiger partial charge in [-0.15, -0.1) is 0 Å². The molecular weight excluding hydrogens is 318 g/mol. The normalized spacial score (nSPS) is 11.9. The lowest BCUT2D eigenvalue weighted by Gasteiger charge is -2.11. The first-order valence-electron chi connectivity index (χ1n) is 7.48. The number of hydrogen-bond acceptors (Lipinski definition) is 6. The molecule has 0 aliphatic heterocycles. The van der Waals surface area contributed by atoms with Crippen LogP contribution in [0.5, 0.6) is 0 Å². The van der Waals surface area contributed by atoms with E-state index in [4.69, 9.17) is 14.9 Å². The SMILES string of the molecule is N#CCC(c1cc(C#N)co1)n1cc(-c2ncnc3[nH]ccc23)cn1. The van der Waals surface area contributed by atoms with Gasteiger partial charge in [0, 0.05) is 23.3 Å². The van der Waals surface area contributed by atoms with Gasteiger partial charge in [-0.25, -0.2) is 9.97 Å². The maximum Gasteiger partial charge on any atom is 0.141 e. The number of nitrogens with one attached hydrogen (secondary N) is 1. The molecule has 4 aromatic rings. The molecule has 0 aliphatic carbocycles. The molecule has 0 saturated heterocycles. The summed E-state index contributed by atoms with van der Waals surface area (Å²) in [6.45, 7) is 0. The number of nitriles is 2. The molecule has 0 amide bonds. The molecule has 0 radical (unpaired) electrons. The number of aromatic amines is 1. The lowest BCUT2D eigenvalue weighted by Crippen LogP contribution is -2.09. The lowest BCUT2D eigenvalue weighted by molar-refractivity contribution is 0.409. The van der Waals surface area contributed by atoms with E-state index in [9.17, 15) is 0 Å². The van der Waals surface area contributed by atoms with E-state index < -0.39 is 6.04 Å². The molecule has 1 unspecified atom stereocenters. The average Bonchev–Trinajstić information content (AvgIpc) is 3.39. The summed E-state index contributed by atoms with van der Waals surface area (Å²) >= 11 is 0. The van der Waals surface area contributed by atoms with Crippen LogP contribution in [0.4, 0.5) is 0 Å². The average molecular weight is 329 g/mol. The van der Waals surface area contributed by atoms with E-state index in [0.29, 0.717) is 11.3 Å². The second-order valence-corrected chi connectivity index (χ2v) is 5.40. The van der Waals surface area contributed by atoms with Crippen LogP contribution in [0, 0.1) is 22.7 Å². The van der Waals surface area contributed by atoms with E-state index in [-0.39, 0.29) is 6.42 Å². The summed E-state index contributed by atoms with van der Waals surface area (Å²) in [6.07, 6.45) is 8.33. The first kappa shape index (κ1) is 14.7. The quantitative estimate of drug-likeness (QED) is 0.614. The molecule has 8 heteroatoms. The van der Waals surface area contributed by atoms with Gasteiger partial charge in [-0.1, -0.05) is 0 Å². The van der Waals surface area contributed by atoms with Gasteiger partial charge in [-0.2, -0.15) is 15.6 Å². The fraction of sp³-hybridized carbons (Fsp3) is 0.118. The van der Waals surface area contributed by atoms with Crippen molar-refractivity contribution in [2.45, 2.75) is 12.5 Å². The Bertz CT molecular complexity index is 1120. The fourth-order valence-corrected chi connectivity index (χ4v) is 2.73. The van der Waals surface area contributed by atoms with Crippen LogP contribution in [0.1, 0.15) is 23.8 Å². The molecule has 8 nitrogen and oxygen atoms in total. The Balaban J connectivity index is 1.75. The zero-order valence-corrected chi connectivity index (χ0v) is 12.9. The summed E-state index contributed by atoms with van der Waals surface area (Å²) in [4.78, 5) is 11.6. The molecule has 25 heavy (non-hydrogen) atoms. The molecule has 4 rings (SSSR count). The monoisotopic (exact) mass is 329 g/mol. The van der Waals surface area contributed by atoms with Crippen molar-refractivity contribution in [3.05, 3.63) is 54.6 Å². The first-order chi connectivity index (χ1) is 12.3. The second kappa shape index (κ2) is 5.95. The van der Waals surface area contributed by atoms with Crippen LogP contribution in [-0.4, -0.2) is 24.7 Å². The number of rotatable bonds is 4. The number of fused-ring (bicyclic) bond motifs is 1. The molecule has 1 atom stereocenters. The van der Waals surface area contributed by atoms with E-state index in [1.807, 2.05) is 18.3 Å². The van der Waals surface area contributed by atoms with Crippen LogP contribution >= 0.6 is 0 Å². The smallest absolute Gasteiger partial charge is 0.141 e. The van der Waals surface area contributed by atoms with Crippen LogP contribution in [0.25, 0.3) is 22.3 Å². The third kappa shape index (κ3) is 2.52. The predicted octanol–water partition coefficient (Wildman–Crippen LogP) is 2.79. The Labute approximate surface area is 142 Å². The van der Waals surface area contributed by atoms with Gasteiger partial charge in [0.1, 0.15) is 36.1 Å². The molecule has 4 heterocycles. The number of H-pyrrole nitrogens is 1. The van der Waals surface area contributed by atoms with Crippen molar-refractivity contribution in [1.82, 2.24) is 24.7 Å². The van der Waals surface area contributed by atoms with Crippen LogP contribution in [-0.2, 0) is 0 Å². The highest BCUT2D eigenvalue weighted by Crippen LogP contribution is 2.28. The van der Waals surface area contributed by atoms with E-state index in [1.165, 1.54) is 12.6 Å². The molecule has 0 aromatic carbocycles. The van der Waals surface area contributed by atoms with Crippen molar-refractivity contribution in [3.8, 4) is 23.4 Å². The highest BCUT2D eigenvalue weighted by atomic mass is 16.3. The highest BCUT2D eigenvalue weighted by Gasteiger charge is 2.20. The van der Waals surface area contributed by atoms with Crippen molar-refractivity contribution in [1.29, 1.82) is 10.5 Å². The maximum absolute atomic E-state index is 9.14. The Kier molecular flexibility index (Phi) is 3.49. The summed E-state index contributed by atoms with van der Waals surface area (Å²) in [5, 5.41) is 23.3. The Hall–Kier alpha value is -3.91.